The number of hydrogen-bond acceptors (Lipinski definition) is 4. The molecule has 0 aromatic heterocycles. The summed E-state index contributed by atoms with van der Waals surface area (Å²) >= 11 is 0. The number of rotatable bonds is 4. The van der Waals surface area contributed by atoms with Crippen molar-refractivity contribution in [3.05, 3.63) is 24.3 Å². The summed E-state index contributed by atoms with van der Waals surface area (Å²) in [5.74, 6) is 0.848. The molecule has 0 aliphatic carbocycles. The van der Waals surface area contributed by atoms with E-state index in [2.05, 4.69) is 24.2 Å². The number of aliphatic hydroxyl groups is 1. The number of benzene rings is 1. The standard InChI is InChI=1S/C15H24N2O2/c1-12-10-15(11-18,8-9-17(12)2)16-13-4-6-14(19-3)7-5-13/h4-7,12,16,18H,8-11H2,1-3H3. The van der Waals surface area contributed by atoms with E-state index in [1.807, 2.05) is 24.3 Å². The van der Waals surface area contributed by atoms with Crippen LogP contribution in [-0.2, 0) is 0 Å². The van der Waals surface area contributed by atoms with E-state index in [0.29, 0.717) is 6.04 Å². The normalized spacial score (nSPS) is 28.1. The van der Waals surface area contributed by atoms with Gasteiger partial charge in [0.25, 0.3) is 0 Å². The third-order valence-corrected chi connectivity index (χ3v) is 4.18. The molecule has 0 radical (unpaired) electrons. The summed E-state index contributed by atoms with van der Waals surface area (Å²) in [5, 5.41) is 13.3. The highest BCUT2D eigenvalue weighted by Gasteiger charge is 2.36. The molecule has 0 amide bonds. The number of hydrogen-bond donors (Lipinski definition) is 2. The second kappa shape index (κ2) is 5.80. The first-order valence-corrected chi connectivity index (χ1v) is 6.82. The summed E-state index contributed by atoms with van der Waals surface area (Å²) in [4.78, 5) is 2.34. The number of likely N-dealkylation sites (tertiary alicyclic amines) is 1. The van der Waals surface area contributed by atoms with Crippen LogP contribution < -0.4 is 10.1 Å². The van der Waals surface area contributed by atoms with Crippen LogP contribution in [0.1, 0.15) is 19.8 Å². The largest absolute Gasteiger partial charge is 0.497 e. The Kier molecular flexibility index (Phi) is 4.32. The van der Waals surface area contributed by atoms with Crippen LogP contribution in [0.25, 0.3) is 0 Å². The molecular weight excluding hydrogens is 240 g/mol. The first-order chi connectivity index (χ1) is 9.08. The molecule has 1 aliphatic rings. The Bertz CT molecular complexity index is 407. The minimum absolute atomic E-state index is 0.164. The van der Waals surface area contributed by atoms with Crippen molar-refractivity contribution in [1.29, 1.82) is 0 Å². The van der Waals surface area contributed by atoms with E-state index in [-0.39, 0.29) is 12.1 Å². The van der Waals surface area contributed by atoms with Gasteiger partial charge in [0, 0.05) is 18.3 Å². The lowest BCUT2D eigenvalue weighted by atomic mass is 9.84. The van der Waals surface area contributed by atoms with Crippen LogP contribution in [0.4, 0.5) is 5.69 Å². The lowest BCUT2D eigenvalue weighted by Crippen LogP contribution is -2.54. The number of anilines is 1. The fourth-order valence-electron chi connectivity index (χ4n) is 2.71. The van der Waals surface area contributed by atoms with Crippen LogP contribution in [0.5, 0.6) is 5.75 Å². The number of methoxy groups -OCH3 is 1. The van der Waals surface area contributed by atoms with Crippen molar-refractivity contribution >= 4 is 5.69 Å². The Morgan fingerprint density at radius 2 is 2.11 bits per heavy atom. The van der Waals surface area contributed by atoms with Crippen molar-refractivity contribution in [2.24, 2.45) is 0 Å². The summed E-state index contributed by atoms with van der Waals surface area (Å²) in [6.45, 7) is 3.38. The lowest BCUT2D eigenvalue weighted by molar-refractivity contribution is 0.0969. The second-order valence-electron chi connectivity index (χ2n) is 5.58. The molecule has 2 rings (SSSR count). The van der Waals surface area contributed by atoms with Crippen molar-refractivity contribution in [2.45, 2.75) is 31.3 Å². The van der Waals surface area contributed by atoms with Gasteiger partial charge in [0.2, 0.25) is 0 Å². The zero-order valence-corrected chi connectivity index (χ0v) is 12.0. The molecule has 2 N–H and O–H groups in total. The van der Waals surface area contributed by atoms with E-state index >= 15 is 0 Å². The zero-order chi connectivity index (χ0) is 13.9. The fraction of sp³-hybridized carbons (Fsp3) is 0.600. The number of piperidine rings is 1. The summed E-state index contributed by atoms with van der Waals surface area (Å²) in [7, 11) is 3.80. The highest BCUT2D eigenvalue weighted by Crippen LogP contribution is 2.30. The monoisotopic (exact) mass is 264 g/mol. The lowest BCUT2D eigenvalue weighted by Gasteiger charge is -2.44. The smallest absolute Gasteiger partial charge is 0.119 e. The fourth-order valence-corrected chi connectivity index (χ4v) is 2.71. The first kappa shape index (κ1) is 14.2. The number of nitrogens with one attached hydrogen (secondary N) is 1. The van der Waals surface area contributed by atoms with Gasteiger partial charge in [-0.2, -0.15) is 0 Å². The molecule has 0 bridgehead atoms. The van der Waals surface area contributed by atoms with Crippen molar-refractivity contribution in [3.8, 4) is 5.75 Å². The number of aliphatic hydroxyl groups excluding tert-OH is 1. The Hall–Kier alpha value is -1.26. The van der Waals surface area contributed by atoms with Gasteiger partial charge >= 0.3 is 0 Å². The van der Waals surface area contributed by atoms with Gasteiger partial charge < -0.3 is 20.1 Å². The summed E-state index contributed by atoms with van der Waals surface area (Å²) in [6, 6.07) is 8.35. The van der Waals surface area contributed by atoms with Gasteiger partial charge in [-0.05, 0) is 51.1 Å². The van der Waals surface area contributed by atoms with Crippen molar-refractivity contribution in [3.63, 3.8) is 0 Å². The third kappa shape index (κ3) is 3.19. The molecule has 1 fully saturated rings. The summed E-state index contributed by atoms with van der Waals surface area (Å²) in [5.41, 5.74) is 0.826. The third-order valence-electron chi connectivity index (χ3n) is 4.18. The van der Waals surface area contributed by atoms with E-state index in [1.165, 1.54) is 0 Å². The van der Waals surface area contributed by atoms with Gasteiger partial charge in [-0.15, -0.1) is 0 Å². The van der Waals surface area contributed by atoms with E-state index in [1.54, 1.807) is 7.11 Å². The molecule has 1 aliphatic heterocycles. The SMILES string of the molecule is COc1ccc(NC2(CO)CCN(C)C(C)C2)cc1. The Morgan fingerprint density at radius 1 is 1.42 bits per heavy atom. The van der Waals surface area contributed by atoms with E-state index in [9.17, 15) is 5.11 Å². The molecule has 2 atom stereocenters. The maximum Gasteiger partial charge on any atom is 0.119 e. The summed E-state index contributed by atoms with van der Waals surface area (Å²) < 4.78 is 5.16. The van der Waals surface area contributed by atoms with Crippen molar-refractivity contribution in [1.82, 2.24) is 4.90 Å². The van der Waals surface area contributed by atoms with Crippen molar-refractivity contribution < 1.29 is 9.84 Å². The van der Waals surface area contributed by atoms with Crippen LogP contribution in [0, 0.1) is 0 Å². The Balaban J connectivity index is 2.09. The Morgan fingerprint density at radius 3 is 2.63 bits per heavy atom. The molecule has 1 heterocycles. The van der Waals surface area contributed by atoms with Gasteiger partial charge in [-0.1, -0.05) is 0 Å². The molecular formula is C15H24N2O2. The van der Waals surface area contributed by atoms with Gasteiger partial charge in [0.05, 0.1) is 19.3 Å². The van der Waals surface area contributed by atoms with Crippen LogP contribution in [0.2, 0.25) is 0 Å². The average molecular weight is 264 g/mol. The molecule has 1 saturated heterocycles. The van der Waals surface area contributed by atoms with E-state index < -0.39 is 0 Å². The van der Waals surface area contributed by atoms with Crippen LogP contribution in [0.15, 0.2) is 24.3 Å². The van der Waals surface area contributed by atoms with Gasteiger partial charge in [0.1, 0.15) is 5.75 Å². The number of ether oxygens (including phenoxy) is 1. The zero-order valence-electron chi connectivity index (χ0n) is 12.0. The van der Waals surface area contributed by atoms with E-state index in [4.69, 9.17) is 4.74 Å². The second-order valence-corrected chi connectivity index (χ2v) is 5.58. The molecule has 1 aromatic rings. The highest BCUT2D eigenvalue weighted by molar-refractivity contribution is 5.48. The minimum atomic E-state index is -0.208. The first-order valence-electron chi connectivity index (χ1n) is 6.82. The highest BCUT2D eigenvalue weighted by atomic mass is 16.5. The topological polar surface area (TPSA) is 44.7 Å². The minimum Gasteiger partial charge on any atom is -0.497 e. The van der Waals surface area contributed by atoms with Crippen molar-refractivity contribution in [2.75, 3.05) is 32.6 Å². The Labute approximate surface area is 115 Å². The summed E-state index contributed by atoms with van der Waals surface area (Å²) in [6.07, 6.45) is 1.91. The van der Waals surface area contributed by atoms with Crippen LogP contribution in [0.3, 0.4) is 0 Å². The van der Waals surface area contributed by atoms with Crippen LogP contribution >= 0.6 is 0 Å². The maximum atomic E-state index is 9.80. The quantitative estimate of drug-likeness (QED) is 0.872. The molecule has 0 saturated carbocycles. The molecule has 106 valence electrons. The van der Waals surface area contributed by atoms with E-state index in [0.717, 1.165) is 30.8 Å². The van der Waals surface area contributed by atoms with Gasteiger partial charge in [-0.25, -0.2) is 0 Å². The molecule has 19 heavy (non-hydrogen) atoms. The number of nitrogens with zero attached hydrogens (tertiary/aromatic N) is 1. The van der Waals surface area contributed by atoms with Gasteiger partial charge in [-0.3, -0.25) is 0 Å². The predicted molar refractivity (Wildman–Crippen MR) is 77.8 cm³/mol. The molecule has 1 aromatic carbocycles. The predicted octanol–water partition coefficient (Wildman–Crippen LogP) is 1.95. The average Bonchev–Trinajstić information content (AvgIpc) is 2.44. The van der Waals surface area contributed by atoms with Crippen LogP contribution in [-0.4, -0.2) is 48.9 Å². The molecule has 4 nitrogen and oxygen atoms in total. The maximum absolute atomic E-state index is 9.80. The van der Waals surface area contributed by atoms with Gasteiger partial charge in [0.15, 0.2) is 0 Å². The molecule has 4 heteroatoms. The molecule has 0 spiro atoms. The molecule has 2 unspecified atom stereocenters.